The standard InChI is InChI=1S/C14H10Cl2IN3/c1-8(15)13-19-11-3-2-6-18-14(11)20(13)12-5-4-9(16)7-10(12)17/h2-8H,1H3. The van der Waals surface area contributed by atoms with Gasteiger partial charge in [0, 0.05) is 14.8 Å². The predicted octanol–water partition coefficient (Wildman–Crippen LogP) is 4.98. The quantitative estimate of drug-likeness (QED) is 0.435. The van der Waals surface area contributed by atoms with Gasteiger partial charge in [-0.1, -0.05) is 11.6 Å². The minimum atomic E-state index is -0.212. The topological polar surface area (TPSA) is 30.7 Å². The lowest BCUT2D eigenvalue weighted by molar-refractivity contribution is 0.874. The van der Waals surface area contributed by atoms with Crippen LogP contribution in [-0.4, -0.2) is 14.5 Å². The molecule has 1 aromatic carbocycles. The number of benzene rings is 1. The van der Waals surface area contributed by atoms with Crippen LogP contribution in [0.1, 0.15) is 18.1 Å². The van der Waals surface area contributed by atoms with Crippen molar-refractivity contribution in [3.05, 3.63) is 50.9 Å². The van der Waals surface area contributed by atoms with Crippen molar-refractivity contribution in [1.82, 2.24) is 14.5 Å². The van der Waals surface area contributed by atoms with Gasteiger partial charge in [0.2, 0.25) is 0 Å². The lowest BCUT2D eigenvalue weighted by Gasteiger charge is -2.12. The zero-order chi connectivity index (χ0) is 14.3. The third-order valence-corrected chi connectivity index (χ3v) is 4.24. The first-order valence-electron chi connectivity index (χ1n) is 6.01. The molecule has 0 N–H and O–H groups in total. The highest BCUT2D eigenvalue weighted by molar-refractivity contribution is 14.1. The van der Waals surface area contributed by atoms with Crippen LogP contribution < -0.4 is 0 Å². The highest BCUT2D eigenvalue weighted by Gasteiger charge is 2.18. The number of halogens is 3. The Kier molecular flexibility index (Phi) is 3.88. The number of hydrogen-bond donors (Lipinski definition) is 0. The Hall–Kier alpha value is -0.850. The summed E-state index contributed by atoms with van der Waals surface area (Å²) in [6.45, 7) is 1.90. The van der Waals surface area contributed by atoms with Gasteiger partial charge in [-0.3, -0.25) is 4.57 Å². The number of rotatable bonds is 2. The molecule has 0 spiro atoms. The maximum Gasteiger partial charge on any atom is 0.164 e. The van der Waals surface area contributed by atoms with Gasteiger partial charge in [-0.15, -0.1) is 11.6 Å². The van der Waals surface area contributed by atoms with E-state index in [2.05, 4.69) is 32.6 Å². The van der Waals surface area contributed by atoms with E-state index >= 15 is 0 Å². The van der Waals surface area contributed by atoms with Crippen molar-refractivity contribution in [2.24, 2.45) is 0 Å². The van der Waals surface area contributed by atoms with E-state index in [-0.39, 0.29) is 5.38 Å². The minimum absolute atomic E-state index is 0.212. The van der Waals surface area contributed by atoms with Crippen LogP contribution in [0.15, 0.2) is 36.5 Å². The van der Waals surface area contributed by atoms with E-state index in [9.17, 15) is 0 Å². The van der Waals surface area contributed by atoms with Crippen LogP contribution in [0, 0.1) is 3.57 Å². The maximum absolute atomic E-state index is 6.27. The molecule has 0 amide bonds. The second-order valence-corrected chi connectivity index (χ2v) is 6.62. The van der Waals surface area contributed by atoms with Crippen molar-refractivity contribution >= 4 is 57.0 Å². The van der Waals surface area contributed by atoms with E-state index in [0.717, 1.165) is 26.2 Å². The van der Waals surface area contributed by atoms with E-state index in [1.807, 2.05) is 41.8 Å². The average molecular weight is 418 g/mol. The fourth-order valence-corrected chi connectivity index (χ4v) is 3.36. The molecule has 0 aliphatic heterocycles. The first kappa shape index (κ1) is 14.1. The van der Waals surface area contributed by atoms with Gasteiger partial charge in [-0.25, -0.2) is 9.97 Å². The second kappa shape index (κ2) is 5.50. The highest BCUT2D eigenvalue weighted by atomic mass is 127. The highest BCUT2D eigenvalue weighted by Crippen LogP contribution is 2.30. The van der Waals surface area contributed by atoms with Crippen LogP contribution in [-0.2, 0) is 0 Å². The summed E-state index contributed by atoms with van der Waals surface area (Å²) in [4.78, 5) is 9.01. The Bertz CT molecular complexity index is 783. The Morgan fingerprint density at radius 1 is 1.30 bits per heavy atom. The third-order valence-electron chi connectivity index (χ3n) is 2.95. The molecule has 2 aromatic heterocycles. The number of imidazole rings is 1. The summed E-state index contributed by atoms with van der Waals surface area (Å²) >= 11 is 14.6. The first-order valence-corrected chi connectivity index (χ1v) is 7.90. The summed E-state index contributed by atoms with van der Waals surface area (Å²) in [6.07, 6.45) is 1.76. The van der Waals surface area contributed by atoms with Crippen LogP contribution in [0.25, 0.3) is 16.9 Å². The molecule has 0 saturated heterocycles. The second-order valence-electron chi connectivity index (χ2n) is 4.36. The Morgan fingerprint density at radius 2 is 2.10 bits per heavy atom. The molecule has 0 aliphatic rings. The summed E-state index contributed by atoms with van der Waals surface area (Å²) < 4.78 is 3.02. The molecular formula is C14H10Cl2IN3. The molecule has 102 valence electrons. The van der Waals surface area contributed by atoms with E-state index in [1.54, 1.807) is 6.20 Å². The zero-order valence-electron chi connectivity index (χ0n) is 10.5. The molecule has 2 heterocycles. The van der Waals surface area contributed by atoms with Crippen LogP contribution in [0.5, 0.6) is 0 Å². The van der Waals surface area contributed by atoms with Crippen LogP contribution in [0.3, 0.4) is 0 Å². The van der Waals surface area contributed by atoms with Crippen molar-refractivity contribution in [1.29, 1.82) is 0 Å². The molecule has 0 aliphatic carbocycles. The Morgan fingerprint density at radius 3 is 2.80 bits per heavy atom. The summed E-state index contributed by atoms with van der Waals surface area (Å²) in [5, 5.41) is 0.492. The van der Waals surface area contributed by atoms with Gasteiger partial charge in [-0.2, -0.15) is 0 Å². The molecule has 1 unspecified atom stereocenters. The number of alkyl halides is 1. The molecule has 0 bridgehead atoms. The van der Waals surface area contributed by atoms with Crippen molar-refractivity contribution in [3.63, 3.8) is 0 Å². The summed E-state index contributed by atoms with van der Waals surface area (Å²) in [5.41, 5.74) is 2.62. The Balaban J connectivity index is 2.36. The molecule has 1 atom stereocenters. The predicted molar refractivity (Wildman–Crippen MR) is 90.9 cm³/mol. The monoisotopic (exact) mass is 417 g/mol. The SMILES string of the molecule is CC(Cl)c1nc2cccnc2n1-c1ccc(Cl)cc1I. The maximum atomic E-state index is 6.27. The summed E-state index contributed by atoms with van der Waals surface area (Å²) in [5.74, 6) is 0.778. The van der Waals surface area contributed by atoms with Crippen molar-refractivity contribution in [3.8, 4) is 5.69 Å². The normalized spacial score (nSPS) is 12.8. The van der Waals surface area contributed by atoms with Gasteiger partial charge in [0.05, 0.1) is 11.1 Å². The van der Waals surface area contributed by atoms with Gasteiger partial charge < -0.3 is 0 Å². The largest absolute Gasteiger partial charge is 0.278 e. The molecule has 20 heavy (non-hydrogen) atoms. The molecule has 3 rings (SSSR count). The molecule has 0 radical (unpaired) electrons. The third kappa shape index (κ3) is 2.40. The van der Waals surface area contributed by atoms with Gasteiger partial charge >= 0.3 is 0 Å². The van der Waals surface area contributed by atoms with E-state index in [4.69, 9.17) is 23.2 Å². The number of nitrogens with zero attached hydrogens (tertiary/aromatic N) is 3. The fourth-order valence-electron chi connectivity index (χ4n) is 2.10. The summed E-state index contributed by atoms with van der Waals surface area (Å²) in [6, 6.07) is 9.54. The Labute approximate surface area is 140 Å². The number of hydrogen-bond acceptors (Lipinski definition) is 2. The smallest absolute Gasteiger partial charge is 0.164 e. The number of aromatic nitrogens is 3. The fraction of sp³-hybridized carbons (Fsp3) is 0.143. The van der Waals surface area contributed by atoms with Crippen LogP contribution in [0.2, 0.25) is 5.02 Å². The average Bonchev–Trinajstić information content (AvgIpc) is 2.78. The molecule has 6 heteroatoms. The van der Waals surface area contributed by atoms with Crippen molar-refractivity contribution < 1.29 is 0 Å². The lowest BCUT2D eigenvalue weighted by Crippen LogP contribution is -2.04. The number of pyridine rings is 1. The van der Waals surface area contributed by atoms with Gasteiger partial charge in [-0.05, 0) is 59.8 Å². The summed E-state index contributed by atoms with van der Waals surface area (Å²) in [7, 11) is 0. The van der Waals surface area contributed by atoms with Gasteiger partial charge in [0.25, 0.3) is 0 Å². The molecule has 3 nitrogen and oxygen atoms in total. The van der Waals surface area contributed by atoms with E-state index < -0.39 is 0 Å². The van der Waals surface area contributed by atoms with E-state index in [1.165, 1.54) is 0 Å². The number of fused-ring (bicyclic) bond motifs is 1. The molecule has 0 saturated carbocycles. The first-order chi connectivity index (χ1) is 9.58. The van der Waals surface area contributed by atoms with Gasteiger partial charge in [0.1, 0.15) is 11.3 Å². The van der Waals surface area contributed by atoms with Crippen LogP contribution in [0.4, 0.5) is 0 Å². The van der Waals surface area contributed by atoms with Gasteiger partial charge in [0.15, 0.2) is 5.65 Å². The van der Waals surface area contributed by atoms with Crippen LogP contribution >= 0.6 is 45.8 Å². The van der Waals surface area contributed by atoms with Crippen molar-refractivity contribution in [2.45, 2.75) is 12.3 Å². The zero-order valence-corrected chi connectivity index (χ0v) is 14.2. The lowest BCUT2D eigenvalue weighted by atomic mass is 10.3. The van der Waals surface area contributed by atoms with E-state index in [0.29, 0.717) is 5.02 Å². The minimum Gasteiger partial charge on any atom is -0.278 e. The molecule has 0 fully saturated rings. The molecule has 3 aromatic rings. The molecular weight excluding hydrogens is 408 g/mol. The van der Waals surface area contributed by atoms with Crippen molar-refractivity contribution in [2.75, 3.05) is 0 Å².